The first-order valence-electron chi connectivity index (χ1n) is 15.5. The van der Waals surface area contributed by atoms with Gasteiger partial charge in [-0.15, -0.1) is 0 Å². The Balaban J connectivity index is 4.65. The number of aliphatic carboxylic acids is 1. The molecule has 0 bridgehead atoms. The van der Waals surface area contributed by atoms with Crippen LogP contribution in [0.15, 0.2) is 36.5 Å². The van der Waals surface area contributed by atoms with Gasteiger partial charge in [0.2, 0.25) is 0 Å². The number of ether oxygens (including phenoxy) is 3. The molecule has 0 rings (SSSR count). The highest BCUT2D eigenvalue weighted by Crippen LogP contribution is 2.11. The molecule has 0 fully saturated rings. The molecule has 0 aliphatic rings. The van der Waals surface area contributed by atoms with Crippen molar-refractivity contribution in [1.29, 1.82) is 0 Å². The predicted octanol–water partition coefficient (Wildman–Crippen LogP) is 5.45. The molecule has 0 aliphatic carbocycles. The van der Waals surface area contributed by atoms with Crippen LogP contribution in [-0.4, -0.2) is 75.5 Å². The van der Waals surface area contributed by atoms with Gasteiger partial charge in [-0.2, -0.15) is 0 Å². The molecule has 0 aliphatic heterocycles. The fraction of sp³-hybridized carbons (Fsp3) is 0.727. The molecule has 0 saturated carbocycles. The first-order chi connectivity index (χ1) is 19.6. The van der Waals surface area contributed by atoms with Crippen molar-refractivity contribution < 1.29 is 38.2 Å². The maximum atomic E-state index is 12.5. The number of hydrogen-bond acceptors (Lipinski definition) is 7. The lowest BCUT2D eigenvalue weighted by molar-refractivity contribution is -0.889. The molecular formula is C33H57NO7. The lowest BCUT2D eigenvalue weighted by Crippen LogP contribution is -2.55. The Hall–Kier alpha value is -2.45. The van der Waals surface area contributed by atoms with Crippen LogP contribution in [-0.2, 0) is 28.6 Å². The summed E-state index contributed by atoms with van der Waals surface area (Å²) in [5, 5.41) is 11.5. The van der Waals surface area contributed by atoms with Crippen LogP contribution in [0.2, 0.25) is 0 Å². The van der Waals surface area contributed by atoms with Crippen LogP contribution in [0, 0.1) is 0 Å². The van der Waals surface area contributed by atoms with Crippen molar-refractivity contribution in [2.45, 2.75) is 116 Å². The van der Waals surface area contributed by atoms with E-state index in [-0.39, 0.29) is 43.1 Å². The minimum atomic E-state index is -1.14. The molecule has 8 heteroatoms. The maximum absolute atomic E-state index is 12.5. The van der Waals surface area contributed by atoms with Crippen molar-refractivity contribution in [2.24, 2.45) is 0 Å². The number of allylic oxidation sites excluding steroid dienone is 5. The standard InChI is InChI=1S/C33H57NO7/c1-6-8-10-12-14-16-18-19-21-23-31(35)40-28-29(27-39-26-25-30(33(37)38)34(3,4)5)41-32(36)24-22-20-17-15-13-11-9-7-2/h8,10,14,16,19,21,29-30H,6-7,9,11-13,15,17-18,20,22-28H2,1-5H3/b10-8+,16-14+,21-19+. The van der Waals surface area contributed by atoms with Crippen LogP contribution < -0.4 is 5.11 Å². The van der Waals surface area contributed by atoms with Gasteiger partial charge in [-0.1, -0.05) is 95.2 Å². The topological polar surface area (TPSA) is 102 Å². The Morgan fingerprint density at radius 2 is 1.34 bits per heavy atom. The number of carboxylic acids is 1. The average molecular weight is 580 g/mol. The highest BCUT2D eigenvalue weighted by Gasteiger charge is 2.25. The fourth-order valence-corrected chi connectivity index (χ4v) is 4.13. The zero-order chi connectivity index (χ0) is 30.8. The fourth-order valence-electron chi connectivity index (χ4n) is 4.13. The Morgan fingerprint density at radius 3 is 1.93 bits per heavy atom. The zero-order valence-corrected chi connectivity index (χ0v) is 26.4. The van der Waals surface area contributed by atoms with Crippen molar-refractivity contribution in [3.05, 3.63) is 36.5 Å². The van der Waals surface area contributed by atoms with Crippen LogP contribution in [0.25, 0.3) is 0 Å². The van der Waals surface area contributed by atoms with Gasteiger partial charge in [0.25, 0.3) is 0 Å². The third kappa shape index (κ3) is 23.9. The van der Waals surface area contributed by atoms with Crippen molar-refractivity contribution in [3.63, 3.8) is 0 Å². The van der Waals surface area contributed by atoms with Crippen LogP contribution in [0.3, 0.4) is 0 Å². The summed E-state index contributed by atoms with van der Waals surface area (Å²) >= 11 is 0. The summed E-state index contributed by atoms with van der Waals surface area (Å²) in [6, 6.07) is -0.731. The van der Waals surface area contributed by atoms with E-state index in [0.29, 0.717) is 6.42 Å². The second kappa shape index (κ2) is 25.3. The van der Waals surface area contributed by atoms with Gasteiger partial charge >= 0.3 is 11.9 Å². The Morgan fingerprint density at radius 1 is 0.756 bits per heavy atom. The zero-order valence-electron chi connectivity index (χ0n) is 26.4. The van der Waals surface area contributed by atoms with Crippen molar-refractivity contribution in [1.82, 2.24) is 0 Å². The Kier molecular flexibility index (Phi) is 23.8. The minimum absolute atomic E-state index is 0.0144. The summed E-state index contributed by atoms with van der Waals surface area (Å²) in [6.07, 6.45) is 23.6. The van der Waals surface area contributed by atoms with E-state index >= 15 is 0 Å². The molecule has 0 aromatic carbocycles. The second-order valence-electron chi connectivity index (χ2n) is 11.3. The van der Waals surface area contributed by atoms with Gasteiger partial charge in [0, 0.05) is 12.8 Å². The molecule has 0 aromatic heterocycles. The molecule has 41 heavy (non-hydrogen) atoms. The smallest absolute Gasteiger partial charge is 0.309 e. The Labute approximate surface area is 249 Å². The third-order valence-electron chi connectivity index (χ3n) is 6.57. The summed E-state index contributed by atoms with van der Waals surface area (Å²) in [6.45, 7) is 4.35. The van der Waals surface area contributed by atoms with Crippen molar-refractivity contribution >= 4 is 17.9 Å². The van der Waals surface area contributed by atoms with Crippen LogP contribution >= 0.6 is 0 Å². The minimum Gasteiger partial charge on any atom is -0.544 e. The molecule has 0 radical (unpaired) electrons. The van der Waals surface area contributed by atoms with Gasteiger partial charge in [-0.3, -0.25) is 9.59 Å². The SMILES string of the molecule is CC/C=C/C/C=C/C/C=C/CC(=O)OCC(COCCC(C(=O)[O-])[N+](C)(C)C)OC(=O)CCCCCCCCCC. The van der Waals surface area contributed by atoms with Crippen LogP contribution in [0.4, 0.5) is 0 Å². The van der Waals surface area contributed by atoms with Gasteiger partial charge in [-0.25, -0.2) is 0 Å². The number of rotatable bonds is 26. The van der Waals surface area contributed by atoms with E-state index in [0.717, 1.165) is 38.5 Å². The van der Waals surface area contributed by atoms with Gasteiger partial charge in [-0.05, 0) is 25.7 Å². The van der Waals surface area contributed by atoms with Gasteiger partial charge in [0.15, 0.2) is 6.10 Å². The average Bonchev–Trinajstić information content (AvgIpc) is 2.91. The molecule has 0 spiro atoms. The molecule has 0 heterocycles. The summed E-state index contributed by atoms with van der Waals surface area (Å²) in [4.78, 5) is 36.2. The molecular weight excluding hydrogens is 522 g/mol. The van der Waals surface area contributed by atoms with Crippen molar-refractivity contribution in [3.8, 4) is 0 Å². The van der Waals surface area contributed by atoms with E-state index in [4.69, 9.17) is 14.2 Å². The third-order valence-corrected chi connectivity index (χ3v) is 6.57. The number of carbonyl (C=O) groups is 3. The van der Waals surface area contributed by atoms with E-state index in [2.05, 4.69) is 32.1 Å². The van der Waals surface area contributed by atoms with Crippen LogP contribution in [0.1, 0.15) is 104 Å². The molecule has 0 saturated heterocycles. The Bertz CT molecular complexity index is 783. The molecule has 0 N–H and O–H groups in total. The molecule has 2 atom stereocenters. The van der Waals surface area contributed by atoms with E-state index < -0.39 is 24.1 Å². The van der Waals surface area contributed by atoms with E-state index in [9.17, 15) is 19.5 Å². The molecule has 0 aromatic rings. The first kappa shape index (κ1) is 38.5. The number of carbonyl (C=O) groups excluding carboxylic acids is 3. The molecule has 0 amide bonds. The molecule has 8 nitrogen and oxygen atoms in total. The quantitative estimate of drug-likeness (QED) is 0.0581. The highest BCUT2D eigenvalue weighted by molar-refractivity contribution is 5.71. The molecule has 236 valence electrons. The van der Waals surface area contributed by atoms with E-state index in [1.165, 1.54) is 32.1 Å². The number of quaternary nitrogens is 1. The van der Waals surface area contributed by atoms with Gasteiger partial charge < -0.3 is 28.6 Å². The number of likely N-dealkylation sites (N-methyl/N-ethyl adjacent to an activating group) is 1. The highest BCUT2D eigenvalue weighted by atomic mass is 16.6. The lowest BCUT2D eigenvalue weighted by atomic mass is 10.1. The monoisotopic (exact) mass is 579 g/mol. The van der Waals surface area contributed by atoms with Crippen LogP contribution in [0.5, 0.6) is 0 Å². The largest absolute Gasteiger partial charge is 0.544 e. The summed E-state index contributed by atoms with van der Waals surface area (Å²) in [5.41, 5.74) is 0. The summed E-state index contributed by atoms with van der Waals surface area (Å²) in [5.74, 6) is -1.90. The maximum Gasteiger partial charge on any atom is 0.309 e. The predicted molar refractivity (Wildman–Crippen MR) is 162 cm³/mol. The molecule has 2 unspecified atom stereocenters. The summed E-state index contributed by atoms with van der Waals surface area (Å²) < 4.78 is 16.8. The number of carboxylic acid groups (broad SMARTS) is 1. The number of esters is 2. The normalized spacial score (nSPS) is 13.7. The number of unbranched alkanes of at least 4 members (excludes halogenated alkanes) is 7. The van der Waals surface area contributed by atoms with Gasteiger partial charge in [0.05, 0.1) is 46.7 Å². The number of hydrogen-bond donors (Lipinski definition) is 0. The van der Waals surface area contributed by atoms with Crippen molar-refractivity contribution in [2.75, 3.05) is 41.0 Å². The van der Waals surface area contributed by atoms with E-state index in [1.807, 2.05) is 12.2 Å². The second-order valence-corrected chi connectivity index (χ2v) is 11.3. The number of nitrogens with zero attached hydrogens (tertiary/aromatic N) is 1. The first-order valence-corrected chi connectivity index (χ1v) is 15.5. The lowest BCUT2D eigenvalue weighted by Gasteiger charge is -2.34. The van der Waals surface area contributed by atoms with Gasteiger partial charge in [0.1, 0.15) is 12.6 Å². The van der Waals surface area contributed by atoms with E-state index in [1.54, 1.807) is 27.2 Å². The summed E-state index contributed by atoms with van der Waals surface area (Å²) in [7, 11) is 5.35.